The third-order valence-corrected chi connectivity index (χ3v) is 1.98. The molecule has 0 aliphatic heterocycles. The molecule has 6 heteroatoms. The van der Waals surface area contributed by atoms with Crippen LogP contribution in [0.5, 0.6) is 0 Å². The first-order chi connectivity index (χ1) is 6.13. The van der Waals surface area contributed by atoms with Gasteiger partial charge in [0.05, 0.1) is 5.75 Å². The normalized spacial score (nSPS) is 12.5. The van der Waals surface area contributed by atoms with Crippen LogP contribution in [0.4, 0.5) is 10.1 Å². The van der Waals surface area contributed by atoms with Crippen molar-refractivity contribution in [3.8, 4) is 0 Å². The molecule has 0 spiro atoms. The highest BCUT2D eigenvalue weighted by atomic mass is 32.2. The first-order valence-electron chi connectivity index (χ1n) is 3.32. The Labute approximate surface area is 76.0 Å². The summed E-state index contributed by atoms with van der Waals surface area (Å²) >= 11 is -2.00. The Morgan fingerprint density at radius 1 is 1.54 bits per heavy atom. The van der Waals surface area contributed by atoms with Gasteiger partial charge in [0.15, 0.2) is 16.9 Å². The number of rotatable bonds is 3. The molecule has 1 unspecified atom stereocenters. The Kier molecular flexibility index (Phi) is 3.21. The van der Waals surface area contributed by atoms with Gasteiger partial charge in [0.1, 0.15) is 5.69 Å². The minimum Gasteiger partial charge on any atom is -0.306 e. The summed E-state index contributed by atoms with van der Waals surface area (Å²) in [5, 5.41) is 2.43. The molecule has 0 aliphatic carbocycles. The van der Waals surface area contributed by atoms with Gasteiger partial charge in [-0.15, -0.1) is 4.91 Å². The van der Waals surface area contributed by atoms with E-state index in [1.165, 1.54) is 6.07 Å². The van der Waals surface area contributed by atoms with Crippen LogP contribution in [0, 0.1) is 10.7 Å². The van der Waals surface area contributed by atoms with Crippen molar-refractivity contribution in [1.82, 2.24) is 0 Å². The molecule has 1 aromatic rings. The summed E-state index contributed by atoms with van der Waals surface area (Å²) in [6, 6.07) is 3.52. The van der Waals surface area contributed by atoms with E-state index in [0.29, 0.717) is 5.56 Å². The van der Waals surface area contributed by atoms with Crippen molar-refractivity contribution in [2.75, 3.05) is 0 Å². The second kappa shape index (κ2) is 4.20. The third-order valence-electron chi connectivity index (χ3n) is 1.40. The third kappa shape index (κ3) is 2.67. The molecule has 0 radical (unpaired) electrons. The molecule has 13 heavy (non-hydrogen) atoms. The summed E-state index contributed by atoms with van der Waals surface area (Å²) in [6.45, 7) is 0. The molecule has 0 saturated carbocycles. The zero-order valence-electron chi connectivity index (χ0n) is 6.44. The quantitative estimate of drug-likeness (QED) is 0.603. The highest BCUT2D eigenvalue weighted by Gasteiger charge is 2.05. The predicted molar refractivity (Wildman–Crippen MR) is 46.3 cm³/mol. The molecular weight excluding hydrogens is 197 g/mol. The monoisotopic (exact) mass is 203 g/mol. The van der Waals surface area contributed by atoms with E-state index < -0.39 is 16.9 Å². The highest BCUT2D eigenvalue weighted by Crippen LogP contribution is 2.19. The van der Waals surface area contributed by atoms with Crippen molar-refractivity contribution in [3.63, 3.8) is 0 Å². The molecule has 1 N–H and O–H groups in total. The molecule has 70 valence electrons. The molecule has 1 aromatic carbocycles. The van der Waals surface area contributed by atoms with E-state index in [1.807, 2.05) is 0 Å². The average Bonchev–Trinajstić information content (AvgIpc) is 2.07. The number of hydrogen-bond donors (Lipinski definition) is 1. The number of benzene rings is 1. The maximum atomic E-state index is 12.7. The molecule has 1 atom stereocenters. The number of hydrogen-bond acceptors (Lipinski definition) is 3. The van der Waals surface area contributed by atoms with Crippen molar-refractivity contribution >= 4 is 16.8 Å². The van der Waals surface area contributed by atoms with Gasteiger partial charge in [0.25, 0.3) is 0 Å². The summed E-state index contributed by atoms with van der Waals surface area (Å²) in [5.41, 5.74) is 0.0554. The van der Waals surface area contributed by atoms with E-state index in [-0.39, 0.29) is 11.4 Å². The van der Waals surface area contributed by atoms with Crippen LogP contribution in [0.3, 0.4) is 0 Å². The first kappa shape index (κ1) is 9.94. The summed E-state index contributed by atoms with van der Waals surface area (Å²) in [7, 11) is 0. The van der Waals surface area contributed by atoms with E-state index in [9.17, 15) is 13.5 Å². The summed E-state index contributed by atoms with van der Waals surface area (Å²) in [6.07, 6.45) is 0. The molecule has 0 aliphatic rings. The topological polar surface area (TPSA) is 66.7 Å². The second-order valence-electron chi connectivity index (χ2n) is 2.34. The van der Waals surface area contributed by atoms with Gasteiger partial charge in [-0.1, -0.05) is 6.07 Å². The second-order valence-corrected chi connectivity index (χ2v) is 3.27. The molecule has 0 bridgehead atoms. The van der Waals surface area contributed by atoms with Crippen LogP contribution >= 0.6 is 0 Å². The Morgan fingerprint density at radius 3 is 2.77 bits per heavy atom. The Bertz CT molecular complexity index is 356. The smallest absolute Gasteiger partial charge is 0.157 e. The molecule has 0 fully saturated rings. The standard InChI is InChI=1S/C7H6FNO3S/c8-6-2-1-5(4-13(11)12)3-7(6)9-10/h1-3H,4H2,(H,11,12). The molecule has 0 heterocycles. The van der Waals surface area contributed by atoms with Gasteiger partial charge in [-0.05, 0) is 22.9 Å². The van der Waals surface area contributed by atoms with Gasteiger partial charge in [-0.3, -0.25) is 0 Å². The molecular formula is C7H6FNO3S. The number of halogens is 1. The number of nitrogens with zero attached hydrogens (tertiary/aromatic N) is 1. The molecule has 0 aromatic heterocycles. The zero-order valence-corrected chi connectivity index (χ0v) is 7.25. The fourth-order valence-corrected chi connectivity index (χ4v) is 1.33. The van der Waals surface area contributed by atoms with Crippen LogP contribution in [0.15, 0.2) is 23.4 Å². The minimum atomic E-state index is -2.00. The lowest BCUT2D eigenvalue weighted by molar-refractivity contribution is 0.563. The maximum Gasteiger partial charge on any atom is 0.157 e. The van der Waals surface area contributed by atoms with Crippen molar-refractivity contribution < 1.29 is 13.2 Å². The van der Waals surface area contributed by atoms with Crippen LogP contribution in [-0.4, -0.2) is 8.76 Å². The van der Waals surface area contributed by atoms with Crippen LogP contribution in [0.25, 0.3) is 0 Å². The molecule has 0 saturated heterocycles. The van der Waals surface area contributed by atoms with Crippen molar-refractivity contribution in [2.24, 2.45) is 5.18 Å². The molecule has 0 amide bonds. The van der Waals surface area contributed by atoms with Crippen molar-refractivity contribution in [2.45, 2.75) is 5.75 Å². The van der Waals surface area contributed by atoms with Gasteiger partial charge < -0.3 is 4.55 Å². The zero-order chi connectivity index (χ0) is 9.84. The Morgan fingerprint density at radius 2 is 2.23 bits per heavy atom. The van der Waals surface area contributed by atoms with E-state index >= 15 is 0 Å². The highest BCUT2D eigenvalue weighted by molar-refractivity contribution is 7.78. The van der Waals surface area contributed by atoms with E-state index in [2.05, 4.69) is 5.18 Å². The summed E-state index contributed by atoms with van der Waals surface area (Å²) < 4.78 is 31.5. The average molecular weight is 203 g/mol. The number of nitroso groups, excluding NO2 is 1. The minimum absolute atomic E-state index is 0.136. The molecule has 1 rings (SSSR count). The lowest BCUT2D eigenvalue weighted by atomic mass is 10.2. The largest absolute Gasteiger partial charge is 0.306 e. The lowest BCUT2D eigenvalue weighted by Gasteiger charge is -1.98. The van der Waals surface area contributed by atoms with Gasteiger partial charge in [0.2, 0.25) is 0 Å². The van der Waals surface area contributed by atoms with Gasteiger partial charge in [0, 0.05) is 0 Å². The summed E-state index contributed by atoms with van der Waals surface area (Å²) in [5.74, 6) is -0.870. The van der Waals surface area contributed by atoms with E-state index in [4.69, 9.17) is 4.55 Å². The van der Waals surface area contributed by atoms with Gasteiger partial charge in [-0.25, -0.2) is 8.60 Å². The van der Waals surface area contributed by atoms with Gasteiger partial charge >= 0.3 is 0 Å². The fourth-order valence-electron chi connectivity index (χ4n) is 0.861. The predicted octanol–water partition coefficient (Wildman–Crippen LogP) is 1.95. The van der Waals surface area contributed by atoms with Crippen LogP contribution < -0.4 is 0 Å². The fraction of sp³-hybridized carbons (Fsp3) is 0.143. The van der Waals surface area contributed by atoms with Crippen LogP contribution in [-0.2, 0) is 16.8 Å². The lowest BCUT2D eigenvalue weighted by Crippen LogP contribution is -1.92. The van der Waals surface area contributed by atoms with Gasteiger partial charge in [-0.2, -0.15) is 0 Å². The van der Waals surface area contributed by atoms with Crippen molar-refractivity contribution in [1.29, 1.82) is 0 Å². The SMILES string of the molecule is O=Nc1cc(CS(=O)O)ccc1F. The first-order valence-corrected chi connectivity index (χ1v) is 4.60. The Hall–Kier alpha value is -1.14. The maximum absolute atomic E-state index is 12.7. The summed E-state index contributed by atoms with van der Waals surface area (Å²) in [4.78, 5) is 10.0. The van der Waals surface area contributed by atoms with Crippen LogP contribution in [0.2, 0.25) is 0 Å². The van der Waals surface area contributed by atoms with Crippen LogP contribution in [0.1, 0.15) is 5.56 Å². The van der Waals surface area contributed by atoms with Crippen molar-refractivity contribution in [3.05, 3.63) is 34.5 Å². The van der Waals surface area contributed by atoms with E-state index in [0.717, 1.165) is 12.1 Å². The van der Waals surface area contributed by atoms with E-state index in [1.54, 1.807) is 0 Å². The molecule has 4 nitrogen and oxygen atoms in total. The Balaban J connectivity index is 2.99.